The summed E-state index contributed by atoms with van der Waals surface area (Å²) in [6.07, 6.45) is 6.54. The molecule has 2 rings (SSSR count). The van der Waals surface area contributed by atoms with E-state index in [1.165, 1.54) is 48.8 Å². The monoisotopic (exact) mass is 273 g/mol. The lowest BCUT2D eigenvalue weighted by Gasteiger charge is -2.31. The lowest BCUT2D eigenvalue weighted by Crippen LogP contribution is -2.35. The fourth-order valence-corrected chi connectivity index (χ4v) is 3.44. The Bertz CT molecular complexity index is 436. The first kappa shape index (κ1) is 15.6. The Kier molecular flexibility index (Phi) is 4.90. The van der Waals surface area contributed by atoms with Crippen LogP contribution in [0, 0.1) is 26.2 Å². The highest BCUT2D eigenvalue weighted by Crippen LogP contribution is 2.32. The largest absolute Gasteiger partial charge is 0.313 e. The van der Waals surface area contributed by atoms with Crippen molar-refractivity contribution in [2.24, 2.45) is 5.41 Å². The summed E-state index contributed by atoms with van der Waals surface area (Å²) in [7, 11) is 0. The lowest BCUT2D eigenvalue weighted by atomic mass is 9.77. The molecule has 1 N–H and O–H groups in total. The number of nitrogens with one attached hydrogen (secondary N) is 1. The molecule has 0 radical (unpaired) electrons. The Labute approximate surface area is 125 Å². The summed E-state index contributed by atoms with van der Waals surface area (Å²) in [4.78, 5) is 0. The Morgan fingerprint density at radius 2 is 1.75 bits per heavy atom. The van der Waals surface area contributed by atoms with Gasteiger partial charge < -0.3 is 5.32 Å². The smallest absolute Gasteiger partial charge is 0.00684 e. The van der Waals surface area contributed by atoms with E-state index in [1.54, 1.807) is 5.56 Å². The summed E-state index contributed by atoms with van der Waals surface area (Å²) >= 11 is 0. The molecule has 112 valence electrons. The van der Waals surface area contributed by atoms with Crippen LogP contribution in [0.5, 0.6) is 0 Å². The van der Waals surface area contributed by atoms with Crippen molar-refractivity contribution in [2.75, 3.05) is 6.54 Å². The van der Waals surface area contributed by atoms with Gasteiger partial charge in [-0.2, -0.15) is 0 Å². The highest BCUT2D eigenvalue weighted by molar-refractivity contribution is 5.38. The van der Waals surface area contributed by atoms with Crippen molar-refractivity contribution < 1.29 is 0 Å². The Balaban J connectivity index is 2.13. The third-order valence-corrected chi connectivity index (χ3v) is 4.69. The zero-order valence-electron chi connectivity index (χ0n) is 14.0. The number of hydrogen-bond donors (Lipinski definition) is 1. The van der Waals surface area contributed by atoms with Crippen LogP contribution in [0.1, 0.15) is 61.8 Å². The molecule has 20 heavy (non-hydrogen) atoms. The van der Waals surface area contributed by atoms with Crippen molar-refractivity contribution in [3.05, 3.63) is 34.4 Å². The molecule has 0 amide bonds. The first-order chi connectivity index (χ1) is 9.43. The van der Waals surface area contributed by atoms with Crippen LogP contribution in [0.2, 0.25) is 0 Å². The van der Waals surface area contributed by atoms with E-state index in [1.807, 2.05) is 0 Å². The molecule has 0 spiro atoms. The molecule has 1 aliphatic rings. The van der Waals surface area contributed by atoms with Crippen LogP contribution in [0.4, 0.5) is 0 Å². The van der Waals surface area contributed by atoms with Crippen molar-refractivity contribution >= 4 is 0 Å². The van der Waals surface area contributed by atoms with E-state index in [2.05, 4.69) is 52.1 Å². The highest BCUT2D eigenvalue weighted by atomic mass is 15.0. The molecule has 0 bridgehead atoms. The average molecular weight is 273 g/mol. The van der Waals surface area contributed by atoms with Crippen molar-refractivity contribution in [1.29, 1.82) is 0 Å². The van der Waals surface area contributed by atoms with E-state index in [-0.39, 0.29) is 0 Å². The van der Waals surface area contributed by atoms with E-state index >= 15 is 0 Å². The minimum absolute atomic E-state index is 0.391. The van der Waals surface area contributed by atoms with Crippen LogP contribution >= 0.6 is 0 Å². The second kappa shape index (κ2) is 6.30. The summed E-state index contributed by atoms with van der Waals surface area (Å²) in [6.45, 7) is 12.7. The molecule has 0 aromatic heterocycles. The van der Waals surface area contributed by atoms with Gasteiger partial charge >= 0.3 is 0 Å². The third-order valence-electron chi connectivity index (χ3n) is 4.69. The van der Waals surface area contributed by atoms with Gasteiger partial charge in [0.1, 0.15) is 0 Å². The fraction of sp³-hybridized carbons (Fsp3) is 0.684. The molecule has 1 heteroatoms. The summed E-state index contributed by atoms with van der Waals surface area (Å²) in [5.41, 5.74) is 6.29. The van der Waals surface area contributed by atoms with Gasteiger partial charge in [-0.25, -0.2) is 0 Å². The summed E-state index contributed by atoms with van der Waals surface area (Å²) in [5.74, 6) is 0. The van der Waals surface area contributed by atoms with Crippen molar-refractivity contribution in [1.82, 2.24) is 5.32 Å². The normalized spacial score (nSPS) is 18.1. The van der Waals surface area contributed by atoms with E-state index in [9.17, 15) is 0 Å². The van der Waals surface area contributed by atoms with Gasteiger partial charge in [-0.15, -0.1) is 0 Å². The maximum atomic E-state index is 3.75. The Morgan fingerprint density at radius 1 is 1.15 bits per heavy atom. The maximum absolute atomic E-state index is 3.75. The lowest BCUT2D eigenvalue weighted by molar-refractivity contribution is 0.273. The van der Waals surface area contributed by atoms with Crippen LogP contribution in [-0.2, 0) is 6.42 Å². The topological polar surface area (TPSA) is 12.0 Å². The predicted molar refractivity (Wildman–Crippen MR) is 88.4 cm³/mol. The summed E-state index contributed by atoms with van der Waals surface area (Å²) in [6, 6.07) is 5.48. The molecular weight excluding hydrogens is 242 g/mol. The zero-order valence-corrected chi connectivity index (χ0v) is 14.0. The number of aryl methyl sites for hydroxylation is 3. The Morgan fingerprint density at radius 3 is 2.25 bits per heavy atom. The molecule has 0 saturated heterocycles. The summed E-state index contributed by atoms with van der Waals surface area (Å²) in [5, 5.41) is 3.75. The number of rotatable bonds is 7. The van der Waals surface area contributed by atoms with Crippen LogP contribution in [0.15, 0.2) is 12.1 Å². The van der Waals surface area contributed by atoms with Crippen LogP contribution < -0.4 is 5.32 Å². The van der Waals surface area contributed by atoms with Crippen molar-refractivity contribution in [2.45, 2.75) is 72.8 Å². The molecule has 1 unspecified atom stereocenters. The predicted octanol–water partition coefficient (Wildman–Crippen LogP) is 4.71. The minimum atomic E-state index is 0.391. The quantitative estimate of drug-likeness (QED) is 0.758. The highest BCUT2D eigenvalue weighted by Gasteiger charge is 2.29. The summed E-state index contributed by atoms with van der Waals surface area (Å²) < 4.78 is 0. The minimum Gasteiger partial charge on any atom is -0.313 e. The molecule has 1 saturated carbocycles. The van der Waals surface area contributed by atoms with Crippen LogP contribution in [0.3, 0.4) is 0 Å². The maximum Gasteiger partial charge on any atom is 0.00684 e. The van der Waals surface area contributed by atoms with Gasteiger partial charge in [-0.1, -0.05) is 38.0 Å². The van der Waals surface area contributed by atoms with Crippen molar-refractivity contribution in [3.63, 3.8) is 0 Å². The molecule has 1 aromatic rings. The van der Waals surface area contributed by atoms with Gasteiger partial charge in [0.15, 0.2) is 0 Å². The van der Waals surface area contributed by atoms with Gasteiger partial charge in [-0.3, -0.25) is 0 Å². The second-order valence-electron chi connectivity index (χ2n) is 7.27. The van der Waals surface area contributed by atoms with E-state index in [4.69, 9.17) is 0 Å². The fourth-order valence-electron chi connectivity index (χ4n) is 3.44. The number of hydrogen-bond acceptors (Lipinski definition) is 1. The molecule has 1 nitrogen and oxygen atoms in total. The van der Waals surface area contributed by atoms with Gasteiger partial charge in [0.2, 0.25) is 0 Å². The van der Waals surface area contributed by atoms with Crippen LogP contribution in [0.25, 0.3) is 0 Å². The van der Waals surface area contributed by atoms with Crippen LogP contribution in [-0.4, -0.2) is 12.6 Å². The first-order valence-electron chi connectivity index (χ1n) is 8.23. The first-order valence-corrected chi connectivity index (χ1v) is 8.23. The average Bonchev–Trinajstić information content (AvgIpc) is 3.16. The SMILES string of the molecule is CCCC(C)(CNC1CC1)Cc1c(C)cc(C)cc1C. The van der Waals surface area contributed by atoms with Gasteiger partial charge in [0.05, 0.1) is 0 Å². The third kappa shape index (κ3) is 4.09. The molecule has 0 aliphatic heterocycles. The van der Waals surface area contributed by atoms with Crippen molar-refractivity contribution in [3.8, 4) is 0 Å². The standard InChI is InChI=1S/C19H31N/c1-6-9-19(5,13-20-17-7-8-17)12-18-15(3)10-14(2)11-16(18)4/h10-11,17,20H,6-9,12-13H2,1-5H3. The Hall–Kier alpha value is -0.820. The van der Waals surface area contributed by atoms with E-state index < -0.39 is 0 Å². The second-order valence-corrected chi connectivity index (χ2v) is 7.27. The molecule has 0 heterocycles. The number of benzene rings is 1. The molecule has 1 atom stereocenters. The zero-order chi connectivity index (χ0) is 14.8. The molecule has 1 fully saturated rings. The molecular formula is C19H31N. The molecule has 1 aliphatic carbocycles. The van der Waals surface area contributed by atoms with Gasteiger partial charge in [0.25, 0.3) is 0 Å². The van der Waals surface area contributed by atoms with E-state index in [0.717, 1.165) is 12.6 Å². The van der Waals surface area contributed by atoms with E-state index in [0.29, 0.717) is 5.41 Å². The van der Waals surface area contributed by atoms with Gasteiger partial charge in [-0.05, 0) is 68.6 Å². The van der Waals surface area contributed by atoms with Gasteiger partial charge in [0, 0.05) is 12.6 Å². The molecule has 1 aromatic carbocycles.